The number of likely N-dealkylation sites (tertiary alicyclic amines) is 1. The molecule has 6 rings (SSSR count). The number of carboxylic acid groups (broad SMARTS) is 1. The van der Waals surface area contributed by atoms with Gasteiger partial charge in [-0.3, -0.25) is 9.69 Å². The summed E-state index contributed by atoms with van der Waals surface area (Å²) in [6, 6.07) is 14.2. The molecule has 1 unspecified atom stereocenters. The third-order valence-corrected chi connectivity index (χ3v) is 9.21. The van der Waals surface area contributed by atoms with Crippen molar-refractivity contribution in [1.29, 1.82) is 0 Å². The Morgan fingerprint density at radius 2 is 1.98 bits per heavy atom. The molecule has 1 aliphatic carbocycles. The SMILES string of the molecule is COc1cc(-c2ccc(C3CCc4ccc([C@H](C5CC5)[C@H](C)C(=O)O)cc4O3)cc2CN2CC[C@H](C)C2)c(F)cn1. The number of hydrogen-bond acceptors (Lipinski definition) is 5. The smallest absolute Gasteiger partial charge is 0.306 e. The number of pyridine rings is 1. The van der Waals surface area contributed by atoms with E-state index in [1.807, 2.05) is 13.0 Å². The third-order valence-electron chi connectivity index (χ3n) is 9.21. The number of nitrogens with zero attached hydrogens (tertiary/aromatic N) is 2. The van der Waals surface area contributed by atoms with Gasteiger partial charge >= 0.3 is 5.97 Å². The monoisotopic (exact) mass is 558 g/mol. The Morgan fingerprint density at radius 1 is 1.15 bits per heavy atom. The van der Waals surface area contributed by atoms with E-state index in [1.165, 1.54) is 12.6 Å². The molecule has 41 heavy (non-hydrogen) atoms. The first-order chi connectivity index (χ1) is 19.8. The van der Waals surface area contributed by atoms with Gasteiger partial charge in [-0.25, -0.2) is 9.37 Å². The molecule has 0 radical (unpaired) electrons. The van der Waals surface area contributed by atoms with Gasteiger partial charge in [0, 0.05) is 24.7 Å². The van der Waals surface area contributed by atoms with Gasteiger partial charge in [0.15, 0.2) is 0 Å². The van der Waals surface area contributed by atoms with Gasteiger partial charge in [-0.2, -0.15) is 0 Å². The number of ether oxygens (including phenoxy) is 2. The van der Waals surface area contributed by atoms with E-state index in [-0.39, 0.29) is 17.8 Å². The zero-order valence-electron chi connectivity index (χ0n) is 24.1. The van der Waals surface area contributed by atoms with Crippen LogP contribution in [0.2, 0.25) is 0 Å². The topological polar surface area (TPSA) is 71.9 Å². The van der Waals surface area contributed by atoms with E-state index in [9.17, 15) is 9.90 Å². The number of carboxylic acids is 1. The number of halogens is 1. The summed E-state index contributed by atoms with van der Waals surface area (Å²) in [5.74, 6) is 0.761. The fourth-order valence-corrected chi connectivity index (χ4v) is 6.76. The Hall–Kier alpha value is -3.45. The van der Waals surface area contributed by atoms with E-state index < -0.39 is 11.9 Å². The summed E-state index contributed by atoms with van der Waals surface area (Å²) < 4.78 is 27.0. The van der Waals surface area contributed by atoms with Gasteiger partial charge in [-0.1, -0.05) is 44.2 Å². The molecular weight excluding hydrogens is 519 g/mol. The van der Waals surface area contributed by atoms with Crippen LogP contribution in [0.1, 0.15) is 73.8 Å². The fourth-order valence-electron chi connectivity index (χ4n) is 6.76. The van der Waals surface area contributed by atoms with Gasteiger partial charge < -0.3 is 14.6 Å². The number of aryl methyl sites for hydroxylation is 1. The highest BCUT2D eigenvalue weighted by Crippen LogP contribution is 2.48. The van der Waals surface area contributed by atoms with Gasteiger partial charge in [0.05, 0.1) is 19.2 Å². The van der Waals surface area contributed by atoms with Crippen molar-refractivity contribution in [2.45, 2.75) is 64.5 Å². The number of fused-ring (bicyclic) bond motifs is 1. The molecule has 2 aromatic carbocycles. The Bertz CT molecular complexity index is 1440. The van der Waals surface area contributed by atoms with Crippen LogP contribution < -0.4 is 9.47 Å². The Balaban J connectivity index is 1.31. The molecule has 3 aromatic rings. The molecule has 216 valence electrons. The molecule has 4 atom stereocenters. The molecule has 2 fully saturated rings. The second-order valence-electron chi connectivity index (χ2n) is 12.3. The fraction of sp³-hybridized carbons (Fsp3) is 0.471. The maximum atomic E-state index is 15.0. The van der Waals surface area contributed by atoms with Crippen molar-refractivity contribution >= 4 is 5.97 Å². The number of aromatic nitrogens is 1. The summed E-state index contributed by atoms with van der Waals surface area (Å²) in [4.78, 5) is 18.3. The van der Waals surface area contributed by atoms with Crippen molar-refractivity contribution in [3.63, 3.8) is 0 Å². The highest BCUT2D eigenvalue weighted by molar-refractivity contribution is 5.71. The minimum Gasteiger partial charge on any atom is -0.485 e. The van der Waals surface area contributed by atoms with Gasteiger partial charge in [0.1, 0.15) is 17.7 Å². The van der Waals surface area contributed by atoms with Gasteiger partial charge in [-0.15, -0.1) is 0 Å². The molecule has 6 nitrogen and oxygen atoms in total. The molecule has 0 amide bonds. The Labute approximate surface area is 241 Å². The minimum atomic E-state index is -0.748. The molecule has 1 saturated carbocycles. The number of aliphatic carboxylic acids is 1. The average Bonchev–Trinajstić information content (AvgIpc) is 3.73. The molecule has 1 aromatic heterocycles. The van der Waals surface area contributed by atoms with E-state index in [4.69, 9.17) is 9.47 Å². The first-order valence-corrected chi connectivity index (χ1v) is 14.9. The highest BCUT2D eigenvalue weighted by atomic mass is 19.1. The zero-order valence-corrected chi connectivity index (χ0v) is 24.1. The molecule has 7 heteroatoms. The lowest BCUT2D eigenvalue weighted by molar-refractivity contribution is -0.142. The number of rotatable bonds is 9. The third kappa shape index (κ3) is 5.82. The maximum absolute atomic E-state index is 15.0. The summed E-state index contributed by atoms with van der Waals surface area (Å²) in [6.45, 7) is 6.89. The van der Waals surface area contributed by atoms with Crippen LogP contribution in [0, 0.1) is 23.6 Å². The average molecular weight is 559 g/mol. The predicted octanol–water partition coefficient (Wildman–Crippen LogP) is 7.02. The van der Waals surface area contributed by atoms with E-state index >= 15 is 4.39 Å². The van der Waals surface area contributed by atoms with Gasteiger partial charge in [0.25, 0.3) is 0 Å². The largest absolute Gasteiger partial charge is 0.485 e. The number of hydrogen-bond donors (Lipinski definition) is 1. The van der Waals surface area contributed by atoms with E-state index in [2.05, 4.69) is 47.1 Å². The summed E-state index contributed by atoms with van der Waals surface area (Å²) in [7, 11) is 1.54. The second-order valence-corrected chi connectivity index (χ2v) is 12.3. The lowest BCUT2D eigenvalue weighted by atomic mass is 9.82. The van der Waals surface area contributed by atoms with Crippen LogP contribution in [0.5, 0.6) is 11.6 Å². The summed E-state index contributed by atoms with van der Waals surface area (Å²) in [6.07, 6.45) is 6.16. The second kappa shape index (κ2) is 11.4. The number of carbonyl (C=O) groups is 1. The molecule has 3 aliphatic rings. The van der Waals surface area contributed by atoms with Crippen LogP contribution in [0.3, 0.4) is 0 Å². The van der Waals surface area contributed by atoms with Gasteiger partial charge in [-0.05, 0) is 90.3 Å². The van der Waals surface area contributed by atoms with E-state index in [0.717, 1.165) is 78.9 Å². The van der Waals surface area contributed by atoms with Crippen molar-refractivity contribution in [2.24, 2.45) is 17.8 Å². The number of benzene rings is 2. The van der Waals surface area contributed by atoms with Crippen molar-refractivity contribution in [1.82, 2.24) is 9.88 Å². The van der Waals surface area contributed by atoms with Crippen molar-refractivity contribution in [3.05, 3.63) is 76.7 Å². The molecule has 3 heterocycles. The van der Waals surface area contributed by atoms with Gasteiger partial charge in [0.2, 0.25) is 5.88 Å². The first kappa shape index (κ1) is 27.7. The van der Waals surface area contributed by atoms with Crippen LogP contribution in [0.4, 0.5) is 4.39 Å². The summed E-state index contributed by atoms with van der Waals surface area (Å²) >= 11 is 0. The lowest BCUT2D eigenvalue weighted by Gasteiger charge is -2.29. The van der Waals surface area contributed by atoms with Crippen LogP contribution in [0.15, 0.2) is 48.7 Å². The lowest BCUT2D eigenvalue weighted by Crippen LogP contribution is -2.22. The summed E-state index contributed by atoms with van der Waals surface area (Å²) in [5, 5.41) is 9.74. The van der Waals surface area contributed by atoms with Crippen LogP contribution in [-0.2, 0) is 17.8 Å². The van der Waals surface area contributed by atoms with Crippen molar-refractivity contribution in [2.75, 3.05) is 20.2 Å². The standard InChI is InChI=1S/C34H39FN2O4/c1-20-12-13-37(18-20)19-26-14-24(8-10-27(26)28-16-32(40-3)36-17-29(28)35)30-11-9-22-4-7-25(15-31(22)41-30)33(23-5-6-23)21(2)34(38)39/h4,7-8,10,14-17,20-21,23,30,33H,5-6,9,11-13,18-19H2,1-3H3,(H,38,39)/t20-,21-,30?,33-/m0/s1. The zero-order chi connectivity index (χ0) is 28.7. The quantitative estimate of drug-likeness (QED) is 0.304. The normalized spacial score (nSPS) is 22.0. The van der Waals surface area contributed by atoms with Crippen LogP contribution in [0.25, 0.3) is 11.1 Å². The molecule has 1 saturated heterocycles. The molecule has 1 N–H and O–H groups in total. The Morgan fingerprint density at radius 3 is 2.68 bits per heavy atom. The van der Waals surface area contributed by atoms with Crippen LogP contribution in [-0.4, -0.2) is 41.2 Å². The summed E-state index contributed by atoms with van der Waals surface area (Å²) in [5.41, 5.74) is 5.70. The van der Waals surface area contributed by atoms with Crippen LogP contribution >= 0.6 is 0 Å². The van der Waals surface area contributed by atoms with Crippen molar-refractivity contribution in [3.8, 4) is 22.8 Å². The van der Waals surface area contributed by atoms with E-state index in [0.29, 0.717) is 23.3 Å². The minimum absolute atomic E-state index is 0.00256. The first-order valence-electron chi connectivity index (χ1n) is 14.9. The highest BCUT2D eigenvalue weighted by Gasteiger charge is 2.39. The number of methoxy groups -OCH3 is 1. The maximum Gasteiger partial charge on any atom is 0.306 e. The Kier molecular flexibility index (Phi) is 7.73. The molecular formula is C34H39FN2O4. The predicted molar refractivity (Wildman–Crippen MR) is 156 cm³/mol. The molecule has 2 aliphatic heterocycles. The van der Waals surface area contributed by atoms with Crippen molar-refractivity contribution < 1.29 is 23.8 Å². The molecule has 0 bridgehead atoms. The van der Waals surface area contributed by atoms with E-state index in [1.54, 1.807) is 13.2 Å². The molecule has 0 spiro atoms.